The van der Waals surface area contributed by atoms with Gasteiger partial charge in [-0.15, -0.1) is 11.8 Å². The number of rotatable bonds is 4. The Kier molecular flexibility index (Phi) is 3.17. The fraction of sp³-hybridized carbons (Fsp3) is 0.538. The molecule has 3 heteroatoms. The van der Waals surface area contributed by atoms with E-state index >= 15 is 0 Å². The monoisotopic (exact) mass is 238 g/mol. The van der Waals surface area contributed by atoms with Crippen LogP contribution in [0.25, 0.3) is 0 Å². The molecule has 16 heavy (non-hydrogen) atoms. The van der Waals surface area contributed by atoms with Crippen molar-refractivity contribution < 1.29 is 9.84 Å². The van der Waals surface area contributed by atoms with Gasteiger partial charge in [-0.05, 0) is 37.7 Å². The summed E-state index contributed by atoms with van der Waals surface area (Å²) >= 11 is 1.71. The lowest BCUT2D eigenvalue weighted by Crippen LogP contribution is -2.13. The predicted octanol–water partition coefficient (Wildman–Crippen LogP) is 2.79. The number of aryl methyl sites for hydroxylation is 1. The Morgan fingerprint density at radius 2 is 2.12 bits per heavy atom. The van der Waals surface area contributed by atoms with E-state index in [1.54, 1.807) is 18.9 Å². The molecule has 0 bridgehead atoms. The highest BCUT2D eigenvalue weighted by Gasteiger charge is 2.41. The highest BCUT2D eigenvalue weighted by atomic mass is 32.2. The van der Waals surface area contributed by atoms with Gasteiger partial charge in [-0.3, -0.25) is 0 Å². The van der Waals surface area contributed by atoms with E-state index in [4.69, 9.17) is 4.74 Å². The number of aliphatic hydroxyl groups is 1. The minimum Gasteiger partial charge on any atom is -0.496 e. The molecular formula is C13H18O2S. The maximum Gasteiger partial charge on any atom is 0.126 e. The molecule has 2 nitrogen and oxygen atoms in total. The van der Waals surface area contributed by atoms with Crippen LogP contribution in [0.4, 0.5) is 0 Å². The van der Waals surface area contributed by atoms with Gasteiger partial charge in [0.1, 0.15) is 5.75 Å². The largest absolute Gasteiger partial charge is 0.496 e. The SMILES string of the molecule is COc1c(C)ccc(SC)c1CC1(O)CC1. The summed E-state index contributed by atoms with van der Waals surface area (Å²) in [5.41, 5.74) is 1.83. The predicted molar refractivity (Wildman–Crippen MR) is 67.4 cm³/mol. The summed E-state index contributed by atoms with van der Waals surface area (Å²) in [5, 5.41) is 10.0. The van der Waals surface area contributed by atoms with E-state index < -0.39 is 5.60 Å². The number of hydrogen-bond donors (Lipinski definition) is 1. The first-order valence-corrected chi connectivity index (χ1v) is 6.75. The fourth-order valence-corrected chi connectivity index (χ4v) is 2.64. The quantitative estimate of drug-likeness (QED) is 0.818. The van der Waals surface area contributed by atoms with Crippen molar-refractivity contribution in [2.24, 2.45) is 0 Å². The Morgan fingerprint density at radius 3 is 2.62 bits per heavy atom. The number of benzene rings is 1. The van der Waals surface area contributed by atoms with Crippen LogP contribution < -0.4 is 4.74 Å². The molecule has 1 N–H and O–H groups in total. The molecule has 1 aromatic carbocycles. The Morgan fingerprint density at radius 1 is 1.44 bits per heavy atom. The number of methoxy groups -OCH3 is 1. The summed E-state index contributed by atoms with van der Waals surface area (Å²) in [5.74, 6) is 0.937. The zero-order valence-electron chi connectivity index (χ0n) is 10.0. The van der Waals surface area contributed by atoms with Crippen molar-refractivity contribution in [1.82, 2.24) is 0 Å². The number of thioether (sulfide) groups is 1. The molecule has 1 aliphatic rings. The van der Waals surface area contributed by atoms with Gasteiger partial charge in [0.2, 0.25) is 0 Å². The molecule has 0 unspecified atom stereocenters. The van der Waals surface area contributed by atoms with E-state index in [9.17, 15) is 5.11 Å². The van der Waals surface area contributed by atoms with Gasteiger partial charge in [-0.25, -0.2) is 0 Å². The highest BCUT2D eigenvalue weighted by Crippen LogP contribution is 2.43. The average Bonchev–Trinajstić information content (AvgIpc) is 2.97. The van der Waals surface area contributed by atoms with E-state index in [0.29, 0.717) is 6.42 Å². The Bertz CT molecular complexity index is 397. The molecule has 0 saturated heterocycles. The van der Waals surface area contributed by atoms with Crippen LogP contribution in [0.5, 0.6) is 5.75 Å². The van der Waals surface area contributed by atoms with Crippen LogP contribution in [-0.4, -0.2) is 24.1 Å². The minimum absolute atomic E-state index is 0.467. The molecule has 0 aromatic heterocycles. The van der Waals surface area contributed by atoms with Crippen molar-refractivity contribution in [2.45, 2.75) is 36.7 Å². The van der Waals surface area contributed by atoms with Crippen LogP contribution in [0.3, 0.4) is 0 Å². The average molecular weight is 238 g/mol. The van der Waals surface area contributed by atoms with Gasteiger partial charge in [-0.1, -0.05) is 6.07 Å². The van der Waals surface area contributed by atoms with Crippen LogP contribution in [0.2, 0.25) is 0 Å². The van der Waals surface area contributed by atoms with Gasteiger partial charge in [-0.2, -0.15) is 0 Å². The lowest BCUT2D eigenvalue weighted by atomic mass is 10.0. The Hall–Kier alpha value is -0.670. The van der Waals surface area contributed by atoms with Crippen LogP contribution in [-0.2, 0) is 6.42 Å². The number of ether oxygens (including phenoxy) is 1. The van der Waals surface area contributed by atoms with Crippen molar-refractivity contribution in [2.75, 3.05) is 13.4 Å². The van der Waals surface area contributed by atoms with Gasteiger partial charge < -0.3 is 9.84 Å². The summed E-state index contributed by atoms with van der Waals surface area (Å²) in [6.45, 7) is 2.05. The molecule has 0 spiro atoms. The van der Waals surface area contributed by atoms with Crippen molar-refractivity contribution in [1.29, 1.82) is 0 Å². The third kappa shape index (κ3) is 2.20. The van der Waals surface area contributed by atoms with Crippen molar-refractivity contribution in [3.63, 3.8) is 0 Å². The minimum atomic E-state index is -0.467. The third-order valence-electron chi connectivity index (χ3n) is 3.17. The van der Waals surface area contributed by atoms with Gasteiger partial charge in [0, 0.05) is 16.9 Å². The summed E-state index contributed by atoms with van der Waals surface area (Å²) in [4.78, 5) is 1.21. The highest BCUT2D eigenvalue weighted by molar-refractivity contribution is 7.98. The van der Waals surface area contributed by atoms with E-state index in [-0.39, 0.29) is 0 Å². The van der Waals surface area contributed by atoms with Gasteiger partial charge >= 0.3 is 0 Å². The normalized spacial score (nSPS) is 17.2. The third-order valence-corrected chi connectivity index (χ3v) is 3.99. The molecule has 0 radical (unpaired) electrons. The second-order valence-corrected chi connectivity index (χ2v) is 5.35. The first-order valence-electron chi connectivity index (χ1n) is 5.52. The topological polar surface area (TPSA) is 29.5 Å². The van der Waals surface area contributed by atoms with E-state index in [1.807, 2.05) is 6.92 Å². The molecular weight excluding hydrogens is 220 g/mol. The first-order chi connectivity index (χ1) is 7.59. The van der Waals surface area contributed by atoms with Crippen molar-refractivity contribution >= 4 is 11.8 Å². The molecule has 2 rings (SSSR count). The molecule has 1 aliphatic carbocycles. The molecule has 0 amide bonds. The molecule has 0 heterocycles. The summed E-state index contributed by atoms with van der Waals surface area (Å²) in [6, 6.07) is 4.19. The van der Waals surface area contributed by atoms with Gasteiger partial charge in [0.05, 0.1) is 12.7 Å². The van der Waals surface area contributed by atoms with Crippen molar-refractivity contribution in [3.8, 4) is 5.75 Å². The summed E-state index contributed by atoms with van der Waals surface area (Å²) in [7, 11) is 1.70. The Labute approximate surface area is 101 Å². The molecule has 1 fully saturated rings. The van der Waals surface area contributed by atoms with Crippen LogP contribution in [0.15, 0.2) is 17.0 Å². The molecule has 0 atom stereocenters. The van der Waals surface area contributed by atoms with Gasteiger partial charge in [0.25, 0.3) is 0 Å². The van der Waals surface area contributed by atoms with Crippen LogP contribution >= 0.6 is 11.8 Å². The lowest BCUT2D eigenvalue weighted by Gasteiger charge is -2.17. The second kappa shape index (κ2) is 4.30. The molecule has 1 aromatic rings. The zero-order chi connectivity index (χ0) is 11.8. The lowest BCUT2D eigenvalue weighted by molar-refractivity contribution is 0.149. The maximum absolute atomic E-state index is 10.0. The second-order valence-electron chi connectivity index (χ2n) is 4.50. The van der Waals surface area contributed by atoms with E-state index in [1.165, 1.54) is 4.90 Å². The zero-order valence-corrected chi connectivity index (χ0v) is 10.9. The Balaban J connectivity index is 2.41. The molecule has 0 aliphatic heterocycles. The fourth-order valence-electron chi connectivity index (χ4n) is 2.02. The van der Waals surface area contributed by atoms with E-state index in [0.717, 1.165) is 29.7 Å². The summed E-state index contributed by atoms with van der Waals surface area (Å²) < 4.78 is 5.47. The summed E-state index contributed by atoms with van der Waals surface area (Å²) in [6.07, 6.45) is 4.61. The van der Waals surface area contributed by atoms with Gasteiger partial charge in [0.15, 0.2) is 0 Å². The standard InChI is InChI=1S/C13H18O2S/c1-9-4-5-11(16-3)10(12(9)15-2)8-13(14)6-7-13/h4-5,14H,6-8H2,1-3H3. The maximum atomic E-state index is 10.0. The van der Waals surface area contributed by atoms with Crippen LogP contribution in [0, 0.1) is 6.92 Å². The smallest absolute Gasteiger partial charge is 0.126 e. The van der Waals surface area contributed by atoms with Crippen molar-refractivity contribution in [3.05, 3.63) is 23.3 Å². The van der Waals surface area contributed by atoms with Crippen LogP contribution in [0.1, 0.15) is 24.0 Å². The molecule has 88 valence electrons. The van der Waals surface area contributed by atoms with E-state index in [2.05, 4.69) is 18.4 Å². The first kappa shape index (κ1) is 11.8. The number of hydrogen-bond acceptors (Lipinski definition) is 3. The molecule has 1 saturated carbocycles.